The SMILES string of the molecule is C=NC(=N[C@H]1CC(O)[C@@H](CO)O1)C(C(N)=NC)=C(C)NC. The van der Waals surface area contributed by atoms with Gasteiger partial charge in [0.15, 0.2) is 12.1 Å². The van der Waals surface area contributed by atoms with Gasteiger partial charge in [-0.05, 0) is 13.6 Å². The van der Waals surface area contributed by atoms with Crippen molar-refractivity contribution >= 4 is 18.4 Å². The summed E-state index contributed by atoms with van der Waals surface area (Å²) in [5.41, 5.74) is 7.14. The highest BCUT2D eigenvalue weighted by atomic mass is 16.5. The molecule has 0 aromatic rings. The van der Waals surface area contributed by atoms with Crippen LogP contribution in [0.2, 0.25) is 0 Å². The molecule has 0 radical (unpaired) electrons. The summed E-state index contributed by atoms with van der Waals surface area (Å²) in [4.78, 5) is 12.1. The third-order valence-corrected chi connectivity index (χ3v) is 3.27. The summed E-state index contributed by atoms with van der Waals surface area (Å²) < 4.78 is 5.43. The quantitative estimate of drug-likeness (QED) is 0.384. The Kier molecular flexibility index (Phi) is 6.47. The summed E-state index contributed by atoms with van der Waals surface area (Å²) in [6.07, 6.45) is -1.73. The van der Waals surface area contributed by atoms with E-state index in [1.54, 1.807) is 14.1 Å². The minimum Gasteiger partial charge on any atom is -0.394 e. The number of aliphatic hydroxyl groups excluding tert-OH is 2. The van der Waals surface area contributed by atoms with Gasteiger partial charge in [0, 0.05) is 26.2 Å². The number of aliphatic imine (C=N–C) groups is 3. The number of aliphatic hydroxyl groups is 2. The number of hydrogen-bond donors (Lipinski definition) is 4. The number of rotatable bonds is 5. The maximum Gasteiger partial charge on any atom is 0.161 e. The maximum absolute atomic E-state index is 9.72. The van der Waals surface area contributed by atoms with Gasteiger partial charge < -0.3 is 26.0 Å². The van der Waals surface area contributed by atoms with Crippen LogP contribution in [0.4, 0.5) is 0 Å². The molecule has 1 fully saturated rings. The van der Waals surface area contributed by atoms with Crippen LogP contribution < -0.4 is 11.1 Å². The summed E-state index contributed by atoms with van der Waals surface area (Å²) in [6.45, 7) is 5.05. The Labute approximate surface area is 124 Å². The van der Waals surface area contributed by atoms with Crippen LogP contribution in [0.1, 0.15) is 13.3 Å². The molecule has 21 heavy (non-hydrogen) atoms. The normalized spacial score (nSPS) is 28.3. The Morgan fingerprint density at radius 1 is 1.52 bits per heavy atom. The second-order valence-electron chi connectivity index (χ2n) is 4.58. The van der Waals surface area contributed by atoms with Gasteiger partial charge in [-0.15, -0.1) is 0 Å². The third kappa shape index (κ3) is 4.10. The molecule has 1 unspecified atom stereocenters. The number of nitrogens with two attached hydrogens (primary N) is 1. The van der Waals surface area contributed by atoms with Crippen LogP contribution in [0.15, 0.2) is 26.2 Å². The van der Waals surface area contributed by atoms with Crippen molar-refractivity contribution in [3.05, 3.63) is 11.3 Å². The van der Waals surface area contributed by atoms with Crippen molar-refractivity contribution in [1.29, 1.82) is 0 Å². The van der Waals surface area contributed by atoms with Gasteiger partial charge in [-0.1, -0.05) is 0 Å². The highest BCUT2D eigenvalue weighted by molar-refractivity contribution is 6.23. The first-order valence-electron chi connectivity index (χ1n) is 6.59. The van der Waals surface area contributed by atoms with Crippen LogP contribution in [0, 0.1) is 0 Å². The Balaban J connectivity index is 3.11. The van der Waals surface area contributed by atoms with Gasteiger partial charge in [0.1, 0.15) is 11.9 Å². The zero-order valence-electron chi connectivity index (χ0n) is 12.6. The molecule has 1 heterocycles. The number of nitrogens with one attached hydrogen (secondary N) is 1. The van der Waals surface area contributed by atoms with Gasteiger partial charge in [-0.2, -0.15) is 0 Å². The lowest BCUT2D eigenvalue weighted by Crippen LogP contribution is -2.26. The van der Waals surface area contributed by atoms with Crippen LogP contribution in [-0.4, -0.2) is 67.7 Å². The Hall–Kier alpha value is -1.77. The highest BCUT2D eigenvalue weighted by Crippen LogP contribution is 2.22. The van der Waals surface area contributed by atoms with Crippen LogP contribution in [0.25, 0.3) is 0 Å². The van der Waals surface area contributed by atoms with Crippen molar-refractivity contribution < 1.29 is 14.9 Å². The molecule has 8 nitrogen and oxygen atoms in total. The number of nitrogens with zero attached hydrogens (tertiary/aromatic N) is 3. The summed E-state index contributed by atoms with van der Waals surface area (Å²) >= 11 is 0. The first kappa shape index (κ1) is 17.3. The first-order chi connectivity index (χ1) is 9.98. The van der Waals surface area contributed by atoms with E-state index < -0.39 is 18.4 Å². The van der Waals surface area contributed by atoms with Crippen molar-refractivity contribution in [2.45, 2.75) is 31.8 Å². The fourth-order valence-corrected chi connectivity index (χ4v) is 1.99. The summed E-state index contributed by atoms with van der Waals surface area (Å²) in [5.74, 6) is 0.547. The standard InChI is InChI=1S/C13H23N5O3/c1-7(15-2)11(12(14)16-3)13(17-4)18-10-5-8(20)9(6-19)21-10/h8-10,15,19-20H,4-6H2,1-3H3,(H2,14,16)/t8?,9-,10-/m1/s1. The van der Waals surface area contributed by atoms with E-state index in [4.69, 9.17) is 15.6 Å². The molecule has 3 atom stereocenters. The van der Waals surface area contributed by atoms with E-state index in [-0.39, 0.29) is 24.7 Å². The molecule has 1 saturated heterocycles. The molecule has 1 aliphatic rings. The van der Waals surface area contributed by atoms with Crippen molar-refractivity contribution in [2.75, 3.05) is 20.7 Å². The fraction of sp³-hybridized carbons (Fsp3) is 0.615. The van der Waals surface area contributed by atoms with E-state index in [1.165, 1.54) is 0 Å². The van der Waals surface area contributed by atoms with Gasteiger partial charge in [0.05, 0.1) is 18.3 Å². The zero-order chi connectivity index (χ0) is 16.0. The second kappa shape index (κ2) is 7.87. The van der Waals surface area contributed by atoms with Crippen molar-refractivity contribution in [1.82, 2.24) is 5.32 Å². The van der Waals surface area contributed by atoms with E-state index in [2.05, 4.69) is 27.0 Å². The molecule has 0 aromatic carbocycles. The predicted octanol–water partition coefficient (Wildman–Crippen LogP) is -0.966. The van der Waals surface area contributed by atoms with Crippen LogP contribution in [0.3, 0.4) is 0 Å². The van der Waals surface area contributed by atoms with E-state index in [0.29, 0.717) is 5.57 Å². The van der Waals surface area contributed by atoms with E-state index in [0.717, 1.165) is 5.70 Å². The van der Waals surface area contributed by atoms with Crippen LogP contribution >= 0.6 is 0 Å². The maximum atomic E-state index is 9.72. The predicted molar refractivity (Wildman–Crippen MR) is 82.7 cm³/mol. The molecule has 1 rings (SSSR count). The Morgan fingerprint density at radius 2 is 2.19 bits per heavy atom. The van der Waals surface area contributed by atoms with Crippen molar-refractivity contribution in [2.24, 2.45) is 20.7 Å². The van der Waals surface area contributed by atoms with Crippen LogP contribution in [0.5, 0.6) is 0 Å². The Morgan fingerprint density at radius 3 is 2.62 bits per heavy atom. The van der Waals surface area contributed by atoms with Crippen molar-refractivity contribution in [3.8, 4) is 0 Å². The molecule has 1 aliphatic heterocycles. The number of allylic oxidation sites excluding steroid dienone is 1. The first-order valence-corrected chi connectivity index (χ1v) is 6.59. The third-order valence-electron chi connectivity index (χ3n) is 3.27. The van der Waals surface area contributed by atoms with E-state index in [9.17, 15) is 5.11 Å². The molecule has 0 bridgehead atoms. The van der Waals surface area contributed by atoms with Gasteiger partial charge in [-0.25, -0.2) is 9.98 Å². The summed E-state index contributed by atoms with van der Waals surface area (Å²) in [5, 5.41) is 21.8. The molecule has 0 aliphatic carbocycles. The number of ether oxygens (including phenoxy) is 1. The molecule has 0 aromatic heterocycles. The zero-order valence-corrected chi connectivity index (χ0v) is 12.6. The van der Waals surface area contributed by atoms with Gasteiger partial charge in [0.2, 0.25) is 0 Å². The van der Waals surface area contributed by atoms with E-state index >= 15 is 0 Å². The summed E-state index contributed by atoms with van der Waals surface area (Å²) in [6, 6.07) is 0. The van der Waals surface area contributed by atoms with Crippen LogP contribution in [-0.2, 0) is 4.74 Å². The average molecular weight is 297 g/mol. The topological polar surface area (TPSA) is 125 Å². The average Bonchev–Trinajstić information content (AvgIpc) is 2.85. The molecular formula is C13H23N5O3. The monoisotopic (exact) mass is 297 g/mol. The molecule has 5 N–H and O–H groups in total. The molecule has 0 spiro atoms. The second-order valence-corrected chi connectivity index (χ2v) is 4.58. The highest BCUT2D eigenvalue weighted by Gasteiger charge is 2.33. The fourth-order valence-electron chi connectivity index (χ4n) is 1.99. The molecule has 8 heteroatoms. The number of amidine groups is 2. The van der Waals surface area contributed by atoms with E-state index in [1.807, 2.05) is 6.92 Å². The van der Waals surface area contributed by atoms with Gasteiger partial charge in [-0.3, -0.25) is 4.99 Å². The van der Waals surface area contributed by atoms with Gasteiger partial charge >= 0.3 is 0 Å². The molecule has 0 amide bonds. The summed E-state index contributed by atoms with van der Waals surface area (Å²) in [7, 11) is 3.31. The lowest BCUT2D eigenvalue weighted by atomic mass is 10.1. The Bertz CT molecular complexity index is 472. The van der Waals surface area contributed by atoms with Gasteiger partial charge in [0.25, 0.3) is 0 Å². The minimum absolute atomic E-state index is 0.263. The minimum atomic E-state index is -0.759. The molecule has 0 saturated carbocycles. The molecular weight excluding hydrogens is 274 g/mol. The lowest BCUT2D eigenvalue weighted by Gasteiger charge is -2.13. The lowest BCUT2D eigenvalue weighted by molar-refractivity contribution is -0.0193. The number of hydrogen-bond acceptors (Lipinski definition) is 6. The smallest absolute Gasteiger partial charge is 0.161 e. The largest absolute Gasteiger partial charge is 0.394 e. The van der Waals surface area contributed by atoms with Crippen molar-refractivity contribution in [3.63, 3.8) is 0 Å². The molecule has 118 valence electrons.